The summed E-state index contributed by atoms with van der Waals surface area (Å²) >= 11 is 2.46. The fraction of sp³-hybridized carbons (Fsp3) is 0.417. The molecule has 2 N–H and O–H groups in total. The predicted octanol–water partition coefficient (Wildman–Crippen LogP) is 3.49. The number of aryl methyl sites for hydroxylation is 1. The maximum absolute atomic E-state index is 12.9. The number of nitrogens with zero attached hydrogens (tertiary/aromatic N) is 2. The van der Waals surface area contributed by atoms with Gasteiger partial charge in [-0.3, -0.25) is 9.59 Å². The first kappa shape index (κ1) is 24.6. The van der Waals surface area contributed by atoms with Crippen molar-refractivity contribution in [3.63, 3.8) is 0 Å². The Hall–Kier alpha value is -2.53. The van der Waals surface area contributed by atoms with Gasteiger partial charge >= 0.3 is 0 Å². The molecule has 8 nitrogen and oxygen atoms in total. The minimum atomic E-state index is -1.72. The van der Waals surface area contributed by atoms with Crippen molar-refractivity contribution in [3.8, 4) is 5.75 Å². The summed E-state index contributed by atoms with van der Waals surface area (Å²) in [5.74, 6) is 0.912. The van der Waals surface area contributed by atoms with Gasteiger partial charge in [0.25, 0.3) is 5.91 Å². The molecule has 0 radical (unpaired) electrons. The lowest BCUT2D eigenvalue weighted by Gasteiger charge is -2.28. The normalized spacial score (nSPS) is 16.2. The Morgan fingerprint density at radius 2 is 2.03 bits per heavy atom. The minimum absolute atomic E-state index is 0.0186. The van der Waals surface area contributed by atoms with E-state index in [4.69, 9.17) is 9.47 Å². The fourth-order valence-electron chi connectivity index (χ4n) is 3.66. The second-order valence-corrected chi connectivity index (χ2v) is 10.3. The summed E-state index contributed by atoms with van der Waals surface area (Å²) in [6, 6.07) is 8.85. The SMILES string of the molecule is COc1ccc2nc(C)nc(SCC(=O)c3ccc([C@@](C)(O)C(=O)NC4CCOCC4)s3)c2c1. The van der Waals surface area contributed by atoms with Crippen LogP contribution in [0.25, 0.3) is 10.9 Å². The number of thiophene rings is 1. The average molecular weight is 502 g/mol. The van der Waals surface area contributed by atoms with Gasteiger partial charge in [0.2, 0.25) is 0 Å². The molecule has 1 atom stereocenters. The van der Waals surface area contributed by atoms with Crippen LogP contribution in [0.15, 0.2) is 35.4 Å². The number of Topliss-reactive ketones (excluding diaryl/α,β-unsaturated/α-hetero) is 1. The van der Waals surface area contributed by atoms with Crippen LogP contribution in [-0.4, -0.2) is 58.9 Å². The molecule has 2 aromatic heterocycles. The summed E-state index contributed by atoms with van der Waals surface area (Å²) in [5.41, 5.74) is -0.932. The van der Waals surface area contributed by atoms with Crippen LogP contribution in [0.4, 0.5) is 0 Å². The topological polar surface area (TPSA) is 111 Å². The number of thioether (sulfide) groups is 1. The molecular formula is C24H27N3O5S2. The van der Waals surface area contributed by atoms with Crippen LogP contribution in [0.1, 0.15) is 40.1 Å². The minimum Gasteiger partial charge on any atom is -0.497 e. The van der Waals surface area contributed by atoms with Crippen molar-refractivity contribution in [2.75, 3.05) is 26.1 Å². The van der Waals surface area contributed by atoms with Crippen LogP contribution in [0, 0.1) is 6.92 Å². The summed E-state index contributed by atoms with van der Waals surface area (Å²) in [6.07, 6.45) is 1.44. The molecule has 3 heterocycles. The van der Waals surface area contributed by atoms with Crippen LogP contribution < -0.4 is 10.1 Å². The second kappa shape index (κ2) is 10.4. The standard InChI is InChI=1S/C24H27N3O5S2/c1-14-25-18-5-4-16(31-3)12-17(18)22(26-14)33-13-19(28)20-6-7-21(34-20)24(2,30)23(29)27-15-8-10-32-11-9-15/h4-7,12,15,30H,8-11,13H2,1-3H3,(H,27,29)/t24-/m1/s1. The molecule has 10 heteroatoms. The lowest BCUT2D eigenvalue weighted by molar-refractivity contribution is -0.140. The van der Waals surface area contributed by atoms with E-state index in [0.717, 1.165) is 35.1 Å². The molecule has 3 aromatic rings. The summed E-state index contributed by atoms with van der Waals surface area (Å²) in [6.45, 7) is 4.46. The highest BCUT2D eigenvalue weighted by atomic mass is 32.2. The number of fused-ring (bicyclic) bond motifs is 1. The molecule has 1 aromatic carbocycles. The monoisotopic (exact) mass is 501 g/mol. The Labute approximate surface area is 206 Å². The second-order valence-electron chi connectivity index (χ2n) is 8.27. The molecular weight excluding hydrogens is 474 g/mol. The molecule has 1 aliphatic heterocycles. The predicted molar refractivity (Wildman–Crippen MR) is 132 cm³/mol. The fourth-order valence-corrected chi connectivity index (χ4v) is 5.68. The Bertz CT molecular complexity index is 1200. The first-order valence-electron chi connectivity index (χ1n) is 11.0. The van der Waals surface area contributed by atoms with E-state index in [1.807, 2.05) is 25.1 Å². The van der Waals surface area contributed by atoms with Gasteiger partial charge in [-0.05, 0) is 57.0 Å². The Morgan fingerprint density at radius 1 is 1.26 bits per heavy atom. The Balaban J connectivity index is 1.45. The van der Waals surface area contributed by atoms with Gasteiger partial charge in [0.15, 0.2) is 11.4 Å². The van der Waals surface area contributed by atoms with Crippen LogP contribution in [-0.2, 0) is 15.1 Å². The third-order valence-corrected chi connectivity index (χ3v) is 8.01. The van der Waals surface area contributed by atoms with Crippen molar-refractivity contribution in [2.45, 2.75) is 43.4 Å². The number of nitrogens with one attached hydrogen (secondary N) is 1. The molecule has 0 aliphatic carbocycles. The zero-order chi connectivity index (χ0) is 24.3. The zero-order valence-corrected chi connectivity index (χ0v) is 20.9. The molecule has 1 fully saturated rings. The number of hydrogen-bond acceptors (Lipinski definition) is 9. The van der Waals surface area contributed by atoms with Crippen molar-refractivity contribution in [2.24, 2.45) is 0 Å². The van der Waals surface area contributed by atoms with E-state index in [0.29, 0.717) is 39.6 Å². The number of carbonyl (C=O) groups is 2. The van der Waals surface area contributed by atoms with Crippen molar-refractivity contribution < 1.29 is 24.2 Å². The van der Waals surface area contributed by atoms with Gasteiger partial charge in [-0.15, -0.1) is 11.3 Å². The molecule has 180 valence electrons. The number of aliphatic hydroxyl groups is 1. The zero-order valence-electron chi connectivity index (χ0n) is 19.3. The number of carbonyl (C=O) groups excluding carboxylic acids is 2. The number of rotatable bonds is 8. The van der Waals surface area contributed by atoms with Crippen LogP contribution in [0.3, 0.4) is 0 Å². The average Bonchev–Trinajstić information content (AvgIpc) is 3.34. The maximum Gasteiger partial charge on any atom is 0.257 e. The molecule has 1 amide bonds. The number of aromatic nitrogens is 2. The van der Waals surface area contributed by atoms with Crippen molar-refractivity contribution in [1.29, 1.82) is 0 Å². The highest BCUT2D eigenvalue weighted by Gasteiger charge is 2.36. The number of methoxy groups -OCH3 is 1. The van der Waals surface area contributed by atoms with Crippen molar-refractivity contribution >= 4 is 45.7 Å². The van der Waals surface area contributed by atoms with Gasteiger partial charge in [-0.2, -0.15) is 0 Å². The van der Waals surface area contributed by atoms with E-state index in [2.05, 4.69) is 15.3 Å². The Kier molecular flexibility index (Phi) is 7.51. The summed E-state index contributed by atoms with van der Waals surface area (Å²) in [7, 11) is 1.60. The third kappa shape index (κ3) is 5.41. The van der Waals surface area contributed by atoms with Crippen LogP contribution in [0.5, 0.6) is 5.75 Å². The van der Waals surface area contributed by atoms with Gasteiger partial charge in [-0.25, -0.2) is 9.97 Å². The lowest BCUT2D eigenvalue weighted by Crippen LogP contribution is -2.48. The number of benzene rings is 1. The first-order valence-corrected chi connectivity index (χ1v) is 12.8. The molecule has 0 saturated carbocycles. The molecule has 0 bridgehead atoms. The molecule has 1 saturated heterocycles. The van der Waals surface area contributed by atoms with Gasteiger partial charge in [-0.1, -0.05) is 11.8 Å². The van der Waals surface area contributed by atoms with Gasteiger partial charge < -0.3 is 19.9 Å². The van der Waals surface area contributed by atoms with E-state index in [-0.39, 0.29) is 17.6 Å². The third-order valence-electron chi connectivity index (χ3n) is 5.68. The van der Waals surface area contributed by atoms with Gasteiger partial charge in [0.05, 0.1) is 23.3 Å². The highest BCUT2D eigenvalue weighted by Crippen LogP contribution is 2.32. The van der Waals surface area contributed by atoms with Crippen molar-refractivity contribution in [3.05, 3.63) is 45.9 Å². The molecule has 0 spiro atoms. The first-order chi connectivity index (χ1) is 16.3. The number of hydrogen-bond donors (Lipinski definition) is 2. The van der Waals surface area contributed by atoms with Gasteiger partial charge in [0.1, 0.15) is 16.6 Å². The number of ether oxygens (including phenoxy) is 2. The molecule has 34 heavy (non-hydrogen) atoms. The largest absolute Gasteiger partial charge is 0.497 e. The van der Waals surface area contributed by atoms with E-state index in [9.17, 15) is 14.7 Å². The number of ketones is 1. The smallest absolute Gasteiger partial charge is 0.257 e. The summed E-state index contributed by atoms with van der Waals surface area (Å²) in [4.78, 5) is 35.5. The van der Waals surface area contributed by atoms with E-state index in [1.54, 1.807) is 19.2 Å². The van der Waals surface area contributed by atoms with E-state index < -0.39 is 11.5 Å². The van der Waals surface area contributed by atoms with Gasteiger partial charge in [0, 0.05) is 29.5 Å². The summed E-state index contributed by atoms with van der Waals surface area (Å²) < 4.78 is 10.6. The highest BCUT2D eigenvalue weighted by molar-refractivity contribution is 8.00. The molecule has 0 unspecified atom stereocenters. The maximum atomic E-state index is 12.9. The number of amides is 1. The van der Waals surface area contributed by atoms with Crippen LogP contribution in [0.2, 0.25) is 0 Å². The summed E-state index contributed by atoms with van der Waals surface area (Å²) in [5, 5.41) is 15.3. The molecule has 4 rings (SSSR count). The van der Waals surface area contributed by atoms with Crippen LogP contribution >= 0.6 is 23.1 Å². The van der Waals surface area contributed by atoms with Crippen molar-refractivity contribution in [1.82, 2.24) is 15.3 Å². The quantitative estimate of drug-likeness (QED) is 0.274. The molecule has 1 aliphatic rings. The lowest BCUT2D eigenvalue weighted by atomic mass is 10.0. The Morgan fingerprint density at radius 3 is 2.76 bits per heavy atom. The van der Waals surface area contributed by atoms with E-state index in [1.165, 1.54) is 18.7 Å². The van der Waals surface area contributed by atoms with E-state index >= 15 is 0 Å².